The van der Waals surface area contributed by atoms with Gasteiger partial charge in [-0.3, -0.25) is 14.6 Å². The number of amides is 1. The second kappa shape index (κ2) is 8.15. The summed E-state index contributed by atoms with van der Waals surface area (Å²) in [4.78, 5) is 24.2. The van der Waals surface area contributed by atoms with Gasteiger partial charge in [-0.1, -0.05) is 36.4 Å². The molecule has 0 aliphatic carbocycles. The van der Waals surface area contributed by atoms with E-state index in [4.69, 9.17) is 4.52 Å². The highest BCUT2D eigenvalue weighted by atomic mass is 16.5. The van der Waals surface area contributed by atoms with Crippen molar-refractivity contribution in [2.45, 2.75) is 31.7 Å². The van der Waals surface area contributed by atoms with E-state index in [1.54, 1.807) is 0 Å². The summed E-state index contributed by atoms with van der Waals surface area (Å²) in [6, 6.07) is 16.4. The van der Waals surface area contributed by atoms with Crippen molar-refractivity contribution in [2.24, 2.45) is 0 Å². The Hall–Kier alpha value is -3.19. The third-order valence-electron chi connectivity index (χ3n) is 6.20. The molecule has 1 unspecified atom stereocenters. The number of hydrogen-bond acceptors (Lipinski definition) is 6. The maximum absolute atomic E-state index is 13.7. The Morgan fingerprint density at radius 3 is 2.32 bits per heavy atom. The number of rotatable bonds is 4. The van der Waals surface area contributed by atoms with Crippen molar-refractivity contribution in [3.8, 4) is 0 Å². The highest BCUT2D eigenvalue weighted by Gasteiger charge is 2.34. The molecular formula is C24H27N5O2. The molecule has 3 heterocycles. The van der Waals surface area contributed by atoms with Crippen molar-refractivity contribution in [1.29, 1.82) is 0 Å². The number of para-hydroxylation sites is 2. The first-order valence-electron chi connectivity index (χ1n) is 10.9. The van der Waals surface area contributed by atoms with Crippen molar-refractivity contribution in [2.75, 3.05) is 37.0 Å². The van der Waals surface area contributed by atoms with Crippen LogP contribution < -0.4 is 9.80 Å². The molecule has 3 aromatic rings. The average molecular weight is 418 g/mol. The standard InChI is InChI=1S/C24H27N5O2/c1-27(2)24-25-23(31-26-24)21-12-7-15-28(21)16-22(30)29-19-10-5-3-8-17(19)13-14-18-9-4-6-11-20(18)29/h3-6,8-11,21H,7,12-16H2,1-2H3. The minimum atomic E-state index is -0.0254. The summed E-state index contributed by atoms with van der Waals surface area (Å²) < 4.78 is 5.53. The van der Waals surface area contributed by atoms with Gasteiger partial charge in [0.25, 0.3) is 5.95 Å². The van der Waals surface area contributed by atoms with Crippen molar-refractivity contribution >= 4 is 23.2 Å². The van der Waals surface area contributed by atoms with Crippen LogP contribution >= 0.6 is 0 Å². The molecule has 0 spiro atoms. The number of carbonyl (C=O) groups is 1. The molecule has 31 heavy (non-hydrogen) atoms. The molecule has 1 amide bonds. The predicted octanol–water partition coefficient (Wildman–Crippen LogP) is 3.74. The fraction of sp³-hybridized carbons (Fsp3) is 0.375. The molecule has 1 fully saturated rings. The van der Waals surface area contributed by atoms with Gasteiger partial charge < -0.3 is 9.42 Å². The number of aryl methyl sites for hydroxylation is 2. The third kappa shape index (κ3) is 3.70. The summed E-state index contributed by atoms with van der Waals surface area (Å²) >= 11 is 0. The molecule has 7 nitrogen and oxygen atoms in total. The number of fused-ring (bicyclic) bond motifs is 2. The zero-order chi connectivity index (χ0) is 21.4. The van der Waals surface area contributed by atoms with Crippen LogP contribution in [-0.2, 0) is 17.6 Å². The van der Waals surface area contributed by atoms with E-state index in [-0.39, 0.29) is 11.9 Å². The lowest BCUT2D eigenvalue weighted by atomic mass is 10.0. The number of benzene rings is 2. The molecular weight excluding hydrogens is 390 g/mol. The largest absolute Gasteiger partial charge is 0.344 e. The summed E-state index contributed by atoms with van der Waals surface area (Å²) in [6.07, 6.45) is 3.78. The van der Waals surface area contributed by atoms with Gasteiger partial charge in [0.2, 0.25) is 11.8 Å². The van der Waals surface area contributed by atoms with Gasteiger partial charge in [-0.15, -0.1) is 0 Å². The summed E-state index contributed by atoms with van der Waals surface area (Å²) in [6.45, 7) is 1.15. The van der Waals surface area contributed by atoms with Crippen LogP contribution in [0.2, 0.25) is 0 Å². The second-order valence-electron chi connectivity index (χ2n) is 8.44. The molecule has 0 bridgehead atoms. The van der Waals surface area contributed by atoms with Gasteiger partial charge in [0.15, 0.2) is 0 Å². The van der Waals surface area contributed by atoms with Gasteiger partial charge in [0, 0.05) is 14.1 Å². The molecule has 5 rings (SSSR count). The number of anilines is 3. The van der Waals surface area contributed by atoms with Crippen LogP contribution in [0.3, 0.4) is 0 Å². The highest BCUT2D eigenvalue weighted by molar-refractivity contribution is 6.03. The van der Waals surface area contributed by atoms with Crippen molar-refractivity contribution in [3.63, 3.8) is 0 Å². The second-order valence-corrected chi connectivity index (χ2v) is 8.44. The van der Waals surface area contributed by atoms with E-state index in [2.05, 4.69) is 39.3 Å². The molecule has 0 radical (unpaired) electrons. The van der Waals surface area contributed by atoms with Crippen LogP contribution in [0, 0.1) is 0 Å². The molecule has 1 atom stereocenters. The van der Waals surface area contributed by atoms with Gasteiger partial charge in [-0.05, 0) is 60.6 Å². The van der Waals surface area contributed by atoms with E-state index in [1.807, 2.05) is 48.2 Å². The number of carbonyl (C=O) groups excluding carboxylic acids is 1. The molecule has 160 valence electrons. The predicted molar refractivity (Wildman–Crippen MR) is 120 cm³/mol. The van der Waals surface area contributed by atoms with E-state index in [0.717, 1.165) is 43.6 Å². The molecule has 0 N–H and O–H groups in total. The maximum atomic E-state index is 13.7. The van der Waals surface area contributed by atoms with E-state index in [1.165, 1.54) is 11.1 Å². The van der Waals surface area contributed by atoms with Crippen LogP contribution in [0.25, 0.3) is 0 Å². The Bertz CT molecular complexity index is 1050. The van der Waals surface area contributed by atoms with Gasteiger partial charge >= 0.3 is 0 Å². The van der Waals surface area contributed by atoms with E-state index in [0.29, 0.717) is 18.4 Å². The van der Waals surface area contributed by atoms with Crippen LogP contribution in [0.15, 0.2) is 53.1 Å². The first kappa shape index (κ1) is 19.8. The number of likely N-dealkylation sites (tertiary alicyclic amines) is 1. The normalized spacial score (nSPS) is 18.4. The lowest BCUT2D eigenvalue weighted by Gasteiger charge is -2.28. The summed E-state index contributed by atoms with van der Waals surface area (Å²) in [5.74, 6) is 1.22. The van der Waals surface area contributed by atoms with E-state index < -0.39 is 0 Å². The molecule has 1 aromatic heterocycles. The summed E-state index contributed by atoms with van der Waals surface area (Å²) in [5, 5.41) is 4.05. The third-order valence-corrected chi connectivity index (χ3v) is 6.20. The van der Waals surface area contributed by atoms with E-state index >= 15 is 0 Å². The lowest BCUT2D eigenvalue weighted by molar-refractivity contribution is -0.119. The first-order valence-corrected chi connectivity index (χ1v) is 10.9. The Balaban J connectivity index is 1.45. The zero-order valence-corrected chi connectivity index (χ0v) is 18.0. The zero-order valence-electron chi connectivity index (χ0n) is 18.0. The molecule has 7 heteroatoms. The minimum absolute atomic E-state index is 0.0254. The van der Waals surface area contributed by atoms with Crippen LogP contribution in [0.5, 0.6) is 0 Å². The van der Waals surface area contributed by atoms with Gasteiger partial charge in [-0.2, -0.15) is 4.98 Å². The molecule has 0 saturated carbocycles. The fourth-order valence-corrected chi connectivity index (χ4v) is 4.63. The van der Waals surface area contributed by atoms with Crippen molar-refractivity contribution < 1.29 is 9.32 Å². The topological polar surface area (TPSA) is 65.7 Å². The van der Waals surface area contributed by atoms with Gasteiger partial charge in [0.05, 0.1) is 24.0 Å². The molecule has 2 aromatic carbocycles. The highest BCUT2D eigenvalue weighted by Crippen LogP contribution is 2.37. The van der Waals surface area contributed by atoms with E-state index in [9.17, 15) is 4.79 Å². The maximum Gasteiger partial charge on any atom is 0.265 e. The Morgan fingerprint density at radius 2 is 1.71 bits per heavy atom. The molecule has 2 aliphatic heterocycles. The van der Waals surface area contributed by atoms with Gasteiger partial charge in [0.1, 0.15) is 0 Å². The van der Waals surface area contributed by atoms with Crippen LogP contribution in [-0.4, -0.2) is 48.1 Å². The summed E-state index contributed by atoms with van der Waals surface area (Å²) in [7, 11) is 3.78. The Morgan fingerprint density at radius 1 is 1.06 bits per heavy atom. The van der Waals surface area contributed by atoms with Crippen LogP contribution in [0.1, 0.15) is 35.9 Å². The molecule has 2 aliphatic rings. The smallest absolute Gasteiger partial charge is 0.265 e. The minimum Gasteiger partial charge on any atom is -0.344 e. The number of nitrogens with zero attached hydrogens (tertiary/aromatic N) is 5. The first-order chi connectivity index (χ1) is 15.1. The molecule has 1 saturated heterocycles. The number of aromatic nitrogens is 2. The van der Waals surface area contributed by atoms with Crippen molar-refractivity contribution in [3.05, 3.63) is 65.5 Å². The fourth-order valence-electron chi connectivity index (χ4n) is 4.63. The Kier molecular flexibility index (Phi) is 5.19. The Labute approximate surface area is 182 Å². The lowest BCUT2D eigenvalue weighted by Crippen LogP contribution is -2.38. The summed E-state index contributed by atoms with van der Waals surface area (Å²) in [5.41, 5.74) is 4.39. The van der Waals surface area contributed by atoms with Crippen LogP contribution in [0.4, 0.5) is 17.3 Å². The number of hydrogen-bond donors (Lipinski definition) is 0. The average Bonchev–Trinajstić information content (AvgIpc) is 3.40. The monoisotopic (exact) mass is 417 g/mol. The van der Waals surface area contributed by atoms with Gasteiger partial charge in [-0.25, -0.2) is 0 Å². The van der Waals surface area contributed by atoms with Crippen molar-refractivity contribution in [1.82, 2.24) is 15.0 Å². The SMILES string of the molecule is CN(C)c1noc(C2CCCN2CC(=O)N2c3ccccc3CCc3ccccc32)n1. The quantitative estimate of drug-likeness (QED) is 0.644.